The van der Waals surface area contributed by atoms with Crippen LogP contribution in [-0.4, -0.2) is 36.8 Å². The molecule has 1 heterocycles. The summed E-state index contributed by atoms with van der Waals surface area (Å²) in [6.07, 6.45) is 10.5. The van der Waals surface area contributed by atoms with E-state index in [0.717, 1.165) is 15.2 Å². The molecule has 0 radical (unpaired) electrons. The first-order valence-electron chi connectivity index (χ1n) is 12.7. The van der Waals surface area contributed by atoms with Gasteiger partial charge < -0.3 is 9.25 Å². The Morgan fingerprint density at radius 2 is 1.50 bits per heavy atom. The van der Waals surface area contributed by atoms with Crippen LogP contribution in [0.25, 0.3) is 11.0 Å². The number of hydrogen-bond acceptors (Lipinski definition) is 9. The summed E-state index contributed by atoms with van der Waals surface area (Å²) in [6, 6.07) is 23.8. The molecule has 0 spiro atoms. The summed E-state index contributed by atoms with van der Waals surface area (Å²) in [5.41, 5.74) is 2.20. The van der Waals surface area contributed by atoms with Crippen LogP contribution in [0.15, 0.2) is 98.2 Å². The quantitative estimate of drug-likeness (QED) is 0.0406. The molecular weight excluding hydrogens is 573 g/mol. The average Bonchev–Trinajstić information content (AvgIpc) is 3.44. The largest absolute Gasteiger partial charge is 0.453 e. The van der Waals surface area contributed by atoms with Crippen molar-refractivity contribution in [2.75, 3.05) is 19.4 Å². The van der Waals surface area contributed by atoms with E-state index in [9.17, 15) is 14.2 Å². The maximum absolute atomic E-state index is 13.0. The molecule has 42 heavy (non-hydrogen) atoms. The molecule has 0 aliphatic carbocycles. The molecule has 10 heteroatoms. The van der Waals surface area contributed by atoms with Crippen molar-refractivity contribution < 1.29 is 32.5 Å². The highest BCUT2D eigenvalue weighted by Crippen LogP contribution is 2.48. The van der Waals surface area contributed by atoms with Gasteiger partial charge in [-0.25, -0.2) is 4.79 Å². The molecule has 0 fully saturated rings. The van der Waals surface area contributed by atoms with E-state index < -0.39 is 13.6 Å². The molecule has 0 aliphatic heterocycles. The summed E-state index contributed by atoms with van der Waals surface area (Å²) in [4.78, 5) is 31.0. The van der Waals surface area contributed by atoms with Crippen LogP contribution in [0, 0.1) is 24.7 Å². The number of carbonyl (C=O) groups is 2. The van der Waals surface area contributed by atoms with Gasteiger partial charge in [0, 0.05) is 34.1 Å². The SMILES string of the molecule is C#CCOP(=O)(CC/C(=N\OC(C)=O)c1ccc(Sc2ccc(C(=O)c3cc4ccccc4o3)cc2)cc1)OCC#C. The molecule has 212 valence electrons. The van der Waals surface area contributed by atoms with Gasteiger partial charge in [-0.15, -0.1) is 12.8 Å². The van der Waals surface area contributed by atoms with Gasteiger partial charge in [0.15, 0.2) is 5.76 Å². The van der Waals surface area contributed by atoms with E-state index in [2.05, 4.69) is 17.0 Å². The fourth-order valence-corrected chi connectivity index (χ4v) is 5.98. The standard InChI is InChI=1S/C32H26NO7PS/c1-4-19-37-41(36,38-20-5-2)21-18-29(33-40-23(3)34)24-10-14-27(15-11-24)42-28-16-12-25(13-17-28)32(35)31-22-26-8-6-7-9-30(26)39-31/h1-2,6-17,22H,18-21H2,3H3/b33-29+. The van der Waals surface area contributed by atoms with Crippen molar-refractivity contribution >= 4 is 47.8 Å². The Morgan fingerprint density at radius 1 is 0.905 bits per heavy atom. The fourth-order valence-electron chi connectivity index (χ4n) is 3.80. The third-order valence-electron chi connectivity index (χ3n) is 5.79. The lowest BCUT2D eigenvalue weighted by Crippen LogP contribution is -2.09. The van der Waals surface area contributed by atoms with E-state index in [4.69, 9.17) is 31.1 Å². The van der Waals surface area contributed by atoms with Crippen molar-refractivity contribution in [2.24, 2.45) is 5.16 Å². The topological polar surface area (TPSA) is 104 Å². The van der Waals surface area contributed by atoms with Crippen LogP contribution in [0.2, 0.25) is 0 Å². The van der Waals surface area contributed by atoms with Crippen LogP contribution in [0.4, 0.5) is 0 Å². The summed E-state index contributed by atoms with van der Waals surface area (Å²) in [5.74, 6) is 4.02. The molecule has 0 amide bonds. The predicted molar refractivity (Wildman–Crippen MR) is 162 cm³/mol. The van der Waals surface area contributed by atoms with Crippen LogP contribution < -0.4 is 0 Å². The number of furan rings is 1. The molecule has 0 saturated carbocycles. The summed E-state index contributed by atoms with van der Waals surface area (Å²) < 4.78 is 29.2. The zero-order valence-electron chi connectivity index (χ0n) is 22.6. The lowest BCUT2D eigenvalue weighted by atomic mass is 10.1. The van der Waals surface area contributed by atoms with Crippen molar-refractivity contribution in [2.45, 2.75) is 23.1 Å². The normalized spacial score (nSPS) is 11.5. The Labute approximate surface area is 247 Å². The van der Waals surface area contributed by atoms with Crippen LogP contribution in [-0.2, 0) is 23.2 Å². The number of nitrogens with zero attached hydrogens (tertiary/aromatic N) is 1. The van der Waals surface area contributed by atoms with Gasteiger partial charge in [-0.3, -0.25) is 18.4 Å². The van der Waals surface area contributed by atoms with Crippen molar-refractivity contribution in [1.82, 2.24) is 0 Å². The number of para-hydroxylation sites is 1. The Kier molecular flexibility index (Phi) is 10.6. The first kappa shape index (κ1) is 30.6. The van der Waals surface area contributed by atoms with E-state index in [-0.39, 0.29) is 31.6 Å². The van der Waals surface area contributed by atoms with Crippen LogP contribution in [0.3, 0.4) is 0 Å². The average molecular weight is 600 g/mol. The minimum atomic E-state index is -3.61. The minimum absolute atomic E-state index is 0.0773. The van der Waals surface area contributed by atoms with Gasteiger partial charge in [0.2, 0.25) is 5.78 Å². The molecule has 0 atom stereocenters. The summed E-state index contributed by atoms with van der Waals surface area (Å²) in [6.45, 7) is 0.811. The molecule has 0 N–H and O–H groups in total. The molecule has 3 aromatic carbocycles. The smallest absolute Gasteiger partial charge is 0.332 e. The Morgan fingerprint density at radius 3 is 2.07 bits per heavy atom. The molecule has 0 aliphatic rings. The summed E-state index contributed by atoms with van der Waals surface area (Å²) in [5, 5.41) is 4.82. The lowest BCUT2D eigenvalue weighted by molar-refractivity contribution is -0.140. The molecule has 0 saturated heterocycles. The zero-order valence-corrected chi connectivity index (χ0v) is 24.4. The van der Waals surface area contributed by atoms with Gasteiger partial charge >= 0.3 is 13.6 Å². The second kappa shape index (κ2) is 14.5. The first-order valence-corrected chi connectivity index (χ1v) is 15.3. The second-order valence-electron chi connectivity index (χ2n) is 8.79. The predicted octanol–water partition coefficient (Wildman–Crippen LogP) is 6.97. The molecule has 0 unspecified atom stereocenters. The molecule has 8 nitrogen and oxygen atoms in total. The van der Waals surface area contributed by atoms with Gasteiger partial charge in [0.05, 0.1) is 11.9 Å². The molecule has 4 aromatic rings. The molecule has 1 aromatic heterocycles. The maximum Gasteiger partial charge on any atom is 0.332 e. The molecule has 0 bridgehead atoms. The summed E-state index contributed by atoms with van der Waals surface area (Å²) >= 11 is 1.50. The summed E-state index contributed by atoms with van der Waals surface area (Å²) in [7, 11) is -3.61. The van der Waals surface area contributed by atoms with E-state index in [1.807, 2.05) is 48.5 Å². The monoisotopic (exact) mass is 599 g/mol. The van der Waals surface area contributed by atoms with Crippen LogP contribution >= 0.6 is 19.4 Å². The van der Waals surface area contributed by atoms with E-state index in [1.54, 1.807) is 30.3 Å². The fraction of sp³-hybridized carbons (Fsp3) is 0.156. The number of carbonyl (C=O) groups excluding carboxylic acids is 2. The third-order valence-corrected chi connectivity index (χ3v) is 8.62. The highest BCUT2D eigenvalue weighted by molar-refractivity contribution is 7.99. The number of ketones is 1. The minimum Gasteiger partial charge on any atom is -0.453 e. The first-order chi connectivity index (χ1) is 20.3. The number of oxime groups is 1. The highest BCUT2D eigenvalue weighted by atomic mass is 32.2. The van der Waals surface area contributed by atoms with Gasteiger partial charge in [-0.2, -0.15) is 0 Å². The van der Waals surface area contributed by atoms with Crippen molar-refractivity contribution in [1.29, 1.82) is 0 Å². The van der Waals surface area contributed by atoms with Crippen LogP contribution in [0.5, 0.6) is 0 Å². The number of hydrogen-bond donors (Lipinski definition) is 0. The van der Waals surface area contributed by atoms with E-state index in [1.165, 1.54) is 18.7 Å². The highest BCUT2D eigenvalue weighted by Gasteiger charge is 2.25. The van der Waals surface area contributed by atoms with E-state index in [0.29, 0.717) is 28.2 Å². The van der Waals surface area contributed by atoms with E-state index >= 15 is 0 Å². The second-order valence-corrected chi connectivity index (χ2v) is 12.1. The molecule has 4 rings (SSSR count). The van der Waals surface area contributed by atoms with Crippen molar-refractivity contribution in [3.8, 4) is 24.7 Å². The van der Waals surface area contributed by atoms with Gasteiger partial charge in [0.25, 0.3) is 0 Å². The van der Waals surface area contributed by atoms with Gasteiger partial charge in [-0.05, 0) is 54.1 Å². The number of fused-ring (bicyclic) bond motifs is 1. The van der Waals surface area contributed by atoms with Crippen LogP contribution in [0.1, 0.15) is 35.0 Å². The Hall–Kier alpha value is -4.37. The number of benzene rings is 3. The van der Waals surface area contributed by atoms with Gasteiger partial charge in [-0.1, -0.05) is 59.1 Å². The van der Waals surface area contributed by atoms with Gasteiger partial charge in [0.1, 0.15) is 18.8 Å². The number of terminal acetylenes is 2. The van der Waals surface area contributed by atoms with Crippen molar-refractivity contribution in [3.63, 3.8) is 0 Å². The Bertz CT molecular complexity index is 1670. The Balaban J connectivity index is 1.44. The molecular formula is C32H26NO7PS. The van der Waals surface area contributed by atoms with Crippen molar-refractivity contribution in [3.05, 3.63) is 95.7 Å². The maximum atomic E-state index is 13.0. The lowest BCUT2D eigenvalue weighted by Gasteiger charge is -2.16. The third kappa shape index (κ3) is 8.33. The number of rotatable bonds is 13. The zero-order chi connectivity index (χ0) is 30.0.